The number of rotatable bonds is 2. The van der Waals surface area contributed by atoms with Crippen molar-refractivity contribution in [2.45, 2.75) is 19.5 Å². The Balaban J connectivity index is 0.00000104. The second-order valence-corrected chi connectivity index (χ2v) is 5.55. The molecule has 1 aliphatic heterocycles. The third-order valence-electron chi connectivity index (χ3n) is 4.23. The molecule has 0 amide bonds. The molecule has 3 aromatic rings. The molecule has 0 saturated heterocycles. The molecule has 0 atom stereocenters. The van der Waals surface area contributed by atoms with E-state index in [0.717, 1.165) is 42.3 Å². The van der Waals surface area contributed by atoms with E-state index in [-0.39, 0.29) is 24.8 Å². The fourth-order valence-electron chi connectivity index (χ4n) is 3.19. The van der Waals surface area contributed by atoms with E-state index in [1.807, 2.05) is 10.6 Å². The first-order chi connectivity index (χ1) is 10.7. The first-order valence-corrected chi connectivity index (χ1v) is 7.33. The van der Waals surface area contributed by atoms with Crippen LogP contribution in [-0.2, 0) is 19.5 Å². The summed E-state index contributed by atoms with van der Waals surface area (Å²) in [6.45, 7) is 2.04. The van der Waals surface area contributed by atoms with Crippen LogP contribution in [0.25, 0.3) is 11.0 Å². The molecule has 0 fully saturated rings. The van der Waals surface area contributed by atoms with Crippen LogP contribution in [0.2, 0.25) is 0 Å². The van der Waals surface area contributed by atoms with Crippen LogP contribution in [0.3, 0.4) is 0 Å². The number of benzene rings is 1. The summed E-state index contributed by atoms with van der Waals surface area (Å²) in [7, 11) is 0. The lowest BCUT2D eigenvalue weighted by atomic mass is 10.1. The van der Waals surface area contributed by atoms with E-state index in [4.69, 9.17) is 0 Å². The van der Waals surface area contributed by atoms with Gasteiger partial charge in [-0.05, 0) is 36.7 Å². The van der Waals surface area contributed by atoms with Gasteiger partial charge in [0.2, 0.25) is 0 Å². The summed E-state index contributed by atoms with van der Waals surface area (Å²) in [5.41, 5.74) is 3.75. The third-order valence-corrected chi connectivity index (χ3v) is 4.23. The van der Waals surface area contributed by atoms with Crippen LogP contribution in [0.1, 0.15) is 16.8 Å². The molecule has 0 radical (unpaired) electrons. The largest absolute Gasteiger partial charge is 0.324 e. The lowest BCUT2D eigenvalue weighted by Crippen LogP contribution is -2.25. The molecule has 128 valence electrons. The number of hydrogen-bond acceptors (Lipinski definition) is 2. The standard InChI is InChI=1S/C17H15F2N3.2ClH/c18-12-4-3-11(15(19)8-12)10-22-16-9-20-7-5-13(16)14-2-1-6-21-17(14)22;;/h1-4,6,8,20H,5,7,9-10H2;2*1H. The number of aromatic nitrogens is 2. The summed E-state index contributed by atoms with van der Waals surface area (Å²) in [6.07, 6.45) is 2.69. The zero-order valence-corrected chi connectivity index (χ0v) is 14.4. The van der Waals surface area contributed by atoms with Gasteiger partial charge in [0.05, 0.1) is 6.54 Å². The Kier molecular flexibility index (Phi) is 5.80. The predicted octanol–water partition coefficient (Wildman–Crippen LogP) is 3.85. The van der Waals surface area contributed by atoms with Gasteiger partial charge >= 0.3 is 0 Å². The average molecular weight is 372 g/mol. The molecule has 4 rings (SSSR count). The summed E-state index contributed by atoms with van der Waals surface area (Å²) in [5.74, 6) is -1.07. The van der Waals surface area contributed by atoms with Gasteiger partial charge in [-0.1, -0.05) is 6.07 Å². The van der Waals surface area contributed by atoms with Crippen molar-refractivity contribution in [1.82, 2.24) is 14.9 Å². The van der Waals surface area contributed by atoms with Gasteiger partial charge in [0.15, 0.2) is 0 Å². The van der Waals surface area contributed by atoms with Gasteiger partial charge < -0.3 is 9.88 Å². The normalized spacial score (nSPS) is 13.1. The highest BCUT2D eigenvalue weighted by atomic mass is 35.5. The van der Waals surface area contributed by atoms with E-state index >= 15 is 0 Å². The Hall–Kier alpha value is -1.69. The zero-order valence-electron chi connectivity index (χ0n) is 12.8. The van der Waals surface area contributed by atoms with Gasteiger partial charge in [-0.25, -0.2) is 13.8 Å². The quantitative estimate of drug-likeness (QED) is 0.741. The van der Waals surface area contributed by atoms with Crippen molar-refractivity contribution in [3.05, 3.63) is 65.0 Å². The molecule has 3 nitrogen and oxygen atoms in total. The highest BCUT2D eigenvalue weighted by Crippen LogP contribution is 2.28. The van der Waals surface area contributed by atoms with Crippen LogP contribution in [0.5, 0.6) is 0 Å². The lowest BCUT2D eigenvalue weighted by molar-refractivity contribution is 0.558. The number of fused-ring (bicyclic) bond motifs is 3. The Morgan fingerprint density at radius 2 is 2.00 bits per heavy atom. The number of nitrogens with one attached hydrogen (secondary N) is 1. The average Bonchev–Trinajstić information content (AvgIpc) is 2.85. The van der Waals surface area contributed by atoms with Gasteiger partial charge in [-0.3, -0.25) is 0 Å². The monoisotopic (exact) mass is 371 g/mol. The summed E-state index contributed by atoms with van der Waals surface area (Å²) in [5, 5.41) is 4.48. The highest BCUT2D eigenvalue weighted by Gasteiger charge is 2.21. The van der Waals surface area contributed by atoms with Crippen LogP contribution < -0.4 is 5.32 Å². The molecular weight excluding hydrogens is 355 g/mol. The molecule has 0 bridgehead atoms. The van der Waals surface area contributed by atoms with Gasteiger partial charge in [-0.2, -0.15) is 0 Å². The minimum atomic E-state index is -0.555. The van der Waals surface area contributed by atoms with Gasteiger partial charge in [-0.15, -0.1) is 24.8 Å². The molecule has 0 spiro atoms. The molecule has 3 heterocycles. The van der Waals surface area contributed by atoms with Crippen LogP contribution in [-0.4, -0.2) is 16.1 Å². The fourth-order valence-corrected chi connectivity index (χ4v) is 3.19. The van der Waals surface area contributed by atoms with E-state index in [1.54, 1.807) is 6.20 Å². The van der Waals surface area contributed by atoms with E-state index in [1.165, 1.54) is 17.7 Å². The van der Waals surface area contributed by atoms with Crippen molar-refractivity contribution in [2.24, 2.45) is 0 Å². The smallest absolute Gasteiger partial charge is 0.140 e. The molecule has 0 aliphatic carbocycles. The minimum Gasteiger partial charge on any atom is -0.324 e. The molecule has 2 aromatic heterocycles. The minimum absolute atomic E-state index is 0. The maximum absolute atomic E-state index is 14.0. The zero-order chi connectivity index (χ0) is 15.1. The van der Waals surface area contributed by atoms with E-state index in [2.05, 4.69) is 16.4 Å². The fraction of sp³-hybridized carbons (Fsp3) is 0.235. The second kappa shape index (κ2) is 7.47. The Morgan fingerprint density at radius 3 is 2.79 bits per heavy atom. The van der Waals surface area contributed by atoms with Gasteiger partial charge in [0, 0.05) is 35.5 Å². The van der Waals surface area contributed by atoms with Gasteiger partial charge in [0.25, 0.3) is 0 Å². The van der Waals surface area contributed by atoms with Crippen molar-refractivity contribution >= 4 is 35.8 Å². The summed E-state index contributed by atoms with van der Waals surface area (Å²) >= 11 is 0. The molecule has 24 heavy (non-hydrogen) atoms. The van der Waals surface area contributed by atoms with Crippen molar-refractivity contribution in [3.8, 4) is 0 Å². The number of nitrogens with zero attached hydrogens (tertiary/aromatic N) is 2. The molecule has 0 unspecified atom stereocenters. The SMILES string of the molecule is Cl.Cl.Fc1ccc(Cn2c3c(c4cccnc42)CCNC3)c(F)c1. The van der Waals surface area contributed by atoms with Crippen molar-refractivity contribution in [3.63, 3.8) is 0 Å². The third kappa shape index (κ3) is 3.11. The van der Waals surface area contributed by atoms with E-state index < -0.39 is 11.6 Å². The Labute approximate surface area is 150 Å². The topological polar surface area (TPSA) is 29.9 Å². The van der Waals surface area contributed by atoms with Crippen LogP contribution in [0, 0.1) is 11.6 Å². The first-order valence-electron chi connectivity index (χ1n) is 7.33. The van der Waals surface area contributed by atoms with Crippen LogP contribution in [0.15, 0.2) is 36.5 Å². The van der Waals surface area contributed by atoms with E-state index in [9.17, 15) is 8.78 Å². The highest BCUT2D eigenvalue weighted by molar-refractivity contribution is 5.85. The molecule has 1 aliphatic rings. The maximum Gasteiger partial charge on any atom is 0.140 e. The molecule has 1 N–H and O–H groups in total. The summed E-state index contributed by atoms with van der Waals surface area (Å²) < 4.78 is 29.1. The molecule has 1 aromatic carbocycles. The molecule has 0 saturated carbocycles. The van der Waals surface area contributed by atoms with Gasteiger partial charge in [0.1, 0.15) is 17.3 Å². The predicted molar refractivity (Wildman–Crippen MR) is 95.1 cm³/mol. The second-order valence-electron chi connectivity index (χ2n) is 5.55. The molecular formula is C17H17Cl2F2N3. The summed E-state index contributed by atoms with van der Waals surface area (Å²) in [6, 6.07) is 7.71. The van der Waals surface area contributed by atoms with Crippen molar-refractivity contribution < 1.29 is 8.78 Å². The number of pyridine rings is 1. The van der Waals surface area contributed by atoms with Crippen molar-refractivity contribution in [2.75, 3.05) is 6.54 Å². The Bertz CT molecular complexity index is 864. The van der Waals surface area contributed by atoms with Crippen LogP contribution in [0.4, 0.5) is 8.78 Å². The lowest BCUT2D eigenvalue weighted by Gasteiger charge is -2.17. The number of halogens is 4. The Morgan fingerprint density at radius 1 is 1.17 bits per heavy atom. The van der Waals surface area contributed by atoms with Crippen molar-refractivity contribution in [1.29, 1.82) is 0 Å². The maximum atomic E-state index is 14.0. The molecule has 7 heteroatoms. The number of hydrogen-bond donors (Lipinski definition) is 1. The van der Waals surface area contributed by atoms with E-state index in [0.29, 0.717) is 12.1 Å². The first kappa shape index (κ1) is 18.6. The summed E-state index contributed by atoms with van der Waals surface area (Å²) in [4.78, 5) is 4.47. The van der Waals surface area contributed by atoms with Crippen LogP contribution >= 0.6 is 24.8 Å².